The largest absolute Gasteiger partial charge is 0.480 e. The van der Waals surface area contributed by atoms with E-state index in [1.807, 2.05) is 66.7 Å². The molecule has 0 bridgehead atoms. The molecule has 0 radical (unpaired) electrons. The Labute approximate surface area is 254 Å². The highest BCUT2D eigenvalue weighted by molar-refractivity contribution is 5.66. The second-order valence-electron chi connectivity index (χ2n) is 9.96. The van der Waals surface area contributed by atoms with Crippen LogP contribution in [0.15, 0.2) is 103 Å². The summed E-state index contributed by atoms with van der Waals surface area (Å²) >= 11 is 0. The molecule has 5 rings (SSSR count). The van der Waals surface area contributed by atoms with Crippen molar-refractivity contribution in [2.24, 2.45) is 0 Å². The van der Waals surface area contributed by atoms with Gasteiger partial charge >= 0.3 is 6.01 Å². The average molecular weight is 603 g/mol. The van der Waals surface area contributed by atoms with Crippen LogP contribution in [0.5, 0.6) is 11.9 Å². The first-order valence-corrected chi connectivity index (χ1v) is 13.8. The lowest BCUT2D eigenvalue weighted by Crippen LogP contribution is -2.68. The quantitative estimate of drug-likeness (QED) is 0.193. The molecule has 4 atom stereocenters. The Balaban J connectivity index is 1.57. The van der Waals surface area contributed by atoms with Crippen molar-refractivity contribution in [2.45, 2.75) is 43.8 Å². The summed E-state index contributed by atoms with van der Waals surface area (Å²) in [6.45, 7) is -0.340. The maximum absolute atomic E-state index is 12.2. The van der Waals surface area contributed by atoms with Crippen LogP contribution in [0.1, 0.15) is 22.3 Å². The lowest BCUT2D eigenvalue weighted by atomic mass is 9.93. The summed E-state index contributed by atoms with van der Waals surface area (Å²) < 4.78 is 34.5. The minimum atomic E-state index is -2.70. The molecule has 11 heteroatoms. The highest BCUT2D eigenvalue weighted by Gasteiger charge is 2.63. The molecule has 230 valence electrons. The van der Waals surface area contributed by atoms with E-state index in [4.69, 9.17) is 28.4 Å². The summed E-state index contributed by atoms with van der Waals surface area (Å²) in [6, 6.07) is 27.3. The Morgan fingerprint density at radius 1 is 0.773 bits per heavy atom. The zero-order valence-corrected chi connectivity index (χ0v) is 24.3. The molecule has 11 nitrogen and oxygen atoms in total. The van der Waals surface area contributed by atoms with Gasteiger partial charge in [-0.15, -0.1) is 0 Å². The molecule has 0 spiro atoms. The predicted octanol–water partition coefficient (Wildman–Crippen LogP) is 3.58. The summed E-state index contributed by atoms with van der Waals surface area (Å²) in [5.74, 6) is -5.32. The summed E-state index contributed by atoms with van der Waals surface area (Å²) in [5.41, 5.74) is 2.33. The molecule has 3 aromatic carbocycles. The first-order chi connectivity index (χ1) is 21.3. The molecule has 3 N–H and O–H groups in total. The molecule has 0 saturated carbocycles. The minimum Gasteiger partial charge on any atom is -0.480 e. The van der Waals surface area contributed by atoms with E-state index in [1.54, 1.807) is 24.3 Å². The van der Waals surface area contributed by atoms with Gasteiger partial charge in [0.05, 0.1) is 39.6 Å². The zero-order chi connectivity index (χ0) is 31.0. The van der Waals surface area contributed by atoms with Crippen LogP contribution in [0.25, 0.3) is 5.76 Å². The summed E-state index contributed by atoms with van der Waals surface area (Å²) in [6.07, 6.45) is -1.08. The number of benzene rings is 3. The van der Waals surface area contributed by atoms with Gasteiger partial charge in [0.25, 0.3) is 5.79 Å². The van der Waals surface area contributed by atoms with Gasteiger partial charge in [-0.3, -0.25) is 0 Å². The van der Waals surface area contributed by atoms with Crippen molar-refractivity contribution in [3.05, 3.63) is 126 Å². The molecular formula is C33H34N2O9. The van der Waals surface area contributed by atoms with Crippen molar-refractivity contribution >= 4 is 5.76 Å². The molecule has 2 heterocycles. The van der Waals surface area contributed by atoms with Crippen molar-refractivity contribution in [1.29, 1.82) is 0 Å². The third-order valence-electron chi connectivity index (χ3n) is 6.98. The molecule has 0 amide bonds. The number of hydrogen-bond donors (Lipinski definition) is 3. The monoisotopic (exact) mass is 602 g/mol. The number of methoxy groups -OCH3 is 2. The Hall–Kier alpha value is -4.36. The molecule has 0 saturated heterocycles. The van der Waals surface area contributed by atoms with E-state index in [0.717, 1.165) is 11.6 Å². The van der Waals surface area contributed by atoms with Crippen LogP contribution in [0, 0.1) is 0 Å². The first-order valence-electron chi connectivity index (χ1n) is 13.8. The smallest absolute Gasteiger partial charge is 0.319 e. The van der Waals surface area contributed by atoms with Crippen molar-refractivity contribution in [2.75, 3.05) is 14.2 Å². The van der Waals surface area contributed by atoms with Crippen molar-refractivity contribution in [3.8, 4) is 11.9 Å². The highest BCUT2D eigenvalue weighted by atomic mass is 16.7. The fourth-order valence-corrected chi connectivity index (χ4v) is 4.61. The molecule has 1 aliphatic rings. The molecule has 4 aromatic rings. The summed E-state index contributed by atoms with van der Waals surface area (Å²) in [4.78, 5) is 8.33. The van der Waals surface area contributed by atoms with E-state index >= 15 is 0 Å². The van der Waals surface area contributed by atoms with E-state index in [2.05, 4.69) is 9.97 Å². The van der Waals surface area contributed by atoms with Crippen LogP contribution < -0.4 is 9.47 Å². The Bertz CT molecular complexity index is 1520. The van der Waals surface area contributed by atoms with Crippen LogP contribution in [0.3, 0.4) is 0 Å². The minimum absolute atomic E-state index is 0.0306. The van der Waals surface area contributed by atoms with E-state index in [-0.39, 0.29) is 43.0 Å². The normalized spacial score (nSPS) is 22.0. The van der Waals surface area contributed by atoms with Gasteiger partial charge in [-0.25, -0.2) is 4.98 Å². The van der Waals surface area contributed by atoms with E-state index in [9.17, 15) is 15.3 Å². The third kappa shape index (κ3) is 6.89. The summed E-state index contributed by atoms with van der Waals surface area (Å²) in [7, 11) is 2.79. The standard InChI is InChI=1S/C33H34N2O9/c1-39-29-26(19-34-31(35-29)40-2)27-18-32(37,42-21-24-14-8-4-9-15-24)33(38,43-22-25-16-10-5-11-17-25)28(44-27)30(36)41-20-23-12-6-3-7-13-23/h3-19,28,30,36-38H,20-22H2,1-2H3/t28-,30?,32+,33+/m1/s1. The van der Waals surface area contributed by atoms with Crippen LogP contribution in [0.2, 0.25) is 0 Å². The zero-order valence-electron chi connectivity index (χ0n) is 24.3. The fraction of sp³-hybridized carbons (Fsp3) is 0.273. The SMILES string of the molecule is COc1ncc(C2=C[C@](O)(OCc3ccccc3)[C@@](O)(OCc3ccccc3)[C@@H](C(O)OCc3ccccc3)O2)c(OC)n1. The molecule has 1 aromatic heterocycles. The van der Waals surface area contributed by atoms with Gasteiger partial charge < -0.3 is 43.7 Å². The topological polar surface area (TPSA) is 142 Å². The first kappa shape index (κ1) is 31.1. The van der Waals surface area contributed by atoms with Crippen LogP contribution in [-0.2, 0) is 38.8 Å². The maximum atomic E-state index is 12.2. The lowest BCUT2D eigenvalue weighted by molar-refractivity contribution is -0.420. The van der Waals surface area contributed by atoms with Gasteiger partial charge in [-0.1, -0.05) is 91.0 Å². The summed E-state index contributed by atoms with van der Waals surface area (Å²) in [5, 5.41) is 35.8. The van der Waals surface area contributed by atoms with E-state index < -0.39 is 24.0 Å². The highest BCUT2D eigenvalue weighted by Crippen LogP contribution is 2.44. The number of hydrogen-bond acceptors (Lipinski definition) is 11. The Kier molecular flexibility index (Phi) is 9.85. The Morgan fingerprint density at radius 3 is 1.86 bits per heavy atom. The van der Waals surface area contributed by atoms with Gasteiger partial charge in [-0.2, -0.15) is 4.98 Å². The van der Waals surface area contributed by atoms with Crippen molar-refractivity contribution in [1.82, 2.24) is 9.97 Å². The van der Waals surface area contributed by atoms with Crippen LogP contribution >= 0.6 is 0 Å². The van der Waals surface area contributed by atoms with Gasteiger partial charge in [0, 0.05) is 12.3 Å². The van der Waals surface area contributed by atoms with E-state index in [0.29, 0.717) is 11.1 Å². The third-order valence-corrected chi connectivity index (χ3v) is 6.98. The number of ether oxygens (including phenoxy) is 6. The van der Waals surface area contributed by atoms with E-state index in [1.165, 1.54) is 20.4 Å². The van der Waals surface area contributed by atoms with Gasteiger partial charge in [0.2, 0.25) is 17.8 Å². The fourth-order valence-electron chi connectivity index (χ4n) is 4.61. The number of nitrogens with zero attached hydrogens (tertiary/aromatic N) is 2. The molecule has 1 unspecified atom stereocenters. The van der Waals surface area contributed by atoms with Gasteiger partial charge in [0.15, 0.2) is 6.29 Å². The van der Waals surface area contributed by atoms with Crippen LogP contribution in [-0.4, -0.2) is 63.5 Å². The van der Waals surface area contributed by atoms with Crippen molar-refractivity contribution < 1.29 is 43.7 Å². The van der Waals surface area contributed by atoms with Crippen LogP contribution in [0.4, 0.5) is 0 Å². The van der Waals surface area contributed by atoms with Crippen molar-refractivity contribution in [3.63, 3.8) is 0 Å². The number of aliphatic hydroxyl groups excluding tert-OH is 1. The van der Waals surface area contributed by atoms with Gasteiger partial charge in [-0.05, 0) is 16.7 Å². The number of rotatable bonds is 13. The molecule has 1 aliphatic heterocycles. The average Bonchev–Trinajstić information content (AvgIpc) is 3.07. The maximum Gasteiger partial charge on any atom is 0.319 e. The molecule has 44 heavy (non-hydrogen) atoms. The molecule has 0 fully saturated rings. The van der Waals surface area contributed by atoms with Gasteiger partial charge in [0.1, 0.15) is 5.76 Å². The number of aliphatic hydroxyl groups is 3. The second-order valence-corrected chi connectivity index (χ2v) is 9.96. The second kappa shape index (κ2) is 14.0. The Morgan fingerprint density at radius 2 is 1.32 bits per heavy atom. The lowest BCUT2D eigenvalue weighted by Gasteiger charge is -2.48. The number of aromatic nitrogens is 2. The molecular weight excluding hydrogens is 568 g/mol. The molecule has 0 aliphatic carbocycles. The predicted molar refractivity (Wildman–Crippen MR) is 158 cm³/mol.